The Labute approximate surface area is 356 Å². The summed E-state index contributed by atoms with van der Waals surface area (Å²) in [6, 6.07) is -0.828. The second-order valence-electron chi connectivity index (χ2n) is 17.7. The molecule has 3 unspecified atom stereocenters. The summed E-state index contributed by atoms with van der Waals surface area (Å²) in [5, 5.41) is 33.4. The van der Waals surface area contributed by atoms with Gasteiger partial charge in [-0.25, -0.2) is 0 Å². The number of nitrogens with one attached hydrogen (secondary N) is 1. The molecule has 0 aromatic heterocycles. The zero-order chi connectivity index (χ0) is 41.5. The summed E-state index contributed by atoms with van der Waals surface area (Å²) in [5.41, 5.74) is 0. The van der Waals surface area contributed by atoms with Gasteiger partial charge in [0.2, 0.25) is 5.91 Å². The summed E-state index contributed by atoms with van der Waals surface area (Å²) in [6.45, 7) is 4.13. The molecule has 0 aliphatic carbocycles. The fourth-order valence-corrected chi connectivity index (χ4v) is 8.05. The molecular weight excluding hydrogens is 703 g/mol. The Morgan fingerprint density at radius 2 is 0.719 bits per heavy atom. The number of carbonyl (C=O) groups excluding carboxylic acids is 1. The van der Waals surface area contributed by atoms with E-state index in [2.05, 4.69) is 43.5 Å². The Kier molecular flexibility index (Phi) is 46.5. The molecule has 5 heteroatoms. The van der Waals surface area contributed by atoms with Crippen molar-refractivity contribution in [1.29, 1.82) is 0 Å². The summed E-state index contributed by atoms with van der Waals surface area (Å²) in [4.78, 5) is 12.4. The molecule has 0 heterocycles. The fraction of sp³-hybridized carbons (Fsp3) is 0.904. The molecule has 0 aliphatic rings. The van der Waals surface area contributed by atoms with E-state index >= 15 is 0 Å². The van der Waals surface area contributed by atoms with Crippen LogP contribution in [0, 0.1) is 0 Å². The highest BCUT2D eigenvalue weighted by Crippen LogP contribution is 2.17. The van der Waals surface area contributed by atoms with E-state index in [9.17, 15) is 20.1 Å². The first-order chi connectivity index (χ1) is 28.1. The normalized spacial score (nSPS) is 13.6. The molecule has 4 N–H and O–H groups in total. The zero-order valence-corrected chi connectivity index (χ0v) is 38.5. The average molecular weight is 804 g/mol. The van der Waals surface area contributed by atoms with Gasteiger partial charge in [0.05, 0.1) is 18.8 Å². The topological polar surface area (TPSA) is 89.8 Å². The number of allylic oxidation sites excluding steroid dienone is 4. The van der Waals surface area contributed by atoms with Crippen molar-refractivity contribution in [2.45, 2.75) is 295 Å². The lowest BCUT2D eigenvalue weighted by atomic mass is 10.0. The molecule has 0 rings (SSSR count). The van der Waals surface area contributed by atoms with Crippen molar-refractivity contribution in [3.63, 3.8) is 0 Å². The van der Waals surface area contributed by atoms with Crippen LogP contribution in [0.15, 0.2) is 24.3 Å². The Balaban J connectivity index is 3.45. The molecule has 0 spiro atoms. The molecule has 1 amide bonds. The van der Waals surface area contributed by atoms with Crippen molar-refractivity contribution >= 4 is 5.91 Å². The molecule has 338 valence electrons. The molecule has 3 atom stereocenters. The standard InChI is InChI=1S/C52H101NO4/c1-3-5-7-9-11-13-15-16-17-18-19-20-21-22-23-24-25-26-27-28-29-30-31-32-33-34-35-37-39-41-43-45-47-51(56)53-49(48-54)52(57)50(55)46-44-42-40-38-36-14-12-10-8-6-4-2/h10,12,38,40,49-50,52,54-55,57H,3-9,11,13-37,39,41-48H2,1-2H3,(H,53,56)/b12-10+,40-38+. The van der Waals surface area contributed by atoms with E-state index in [1.807, 2.05) is 0 Å². The van der Waals surface area contributed by atoms with Gasteiger partial charge in [-0.05, 0) is 44.9 Å². The number of hydrogen-bond acceptors (Lipinski definition) is 4. The zero-order valence-electron chi connectivity index (χ0n) is 38.5. The number of rotatable bonds is 47. The Hall–Kier alpha value is -1.17. The lowest BCUT2D eigenvalue weighted by Crippen LogP contribution is -2.50. The predicted molar refractivity (Wildman–Crippen MR) is 250 cm³/mol. The van der Waals surface area contributed by atoms with E-state index in [-0.39, 0.29) is 12.5 Å². The number of amides is 1. The van der Waals surface area contributed by atoms with Crippen molar-refractivity contribution in [1.82, 2.24) is 5.32 Å². The van der Waals surface area contributed by atoms with Crippen LogP contribution in [0.2, 0.25) is 0 Å². The third-order valence-corrected chi connectivity index (χ3v) is 12.0. The van der Waals surface area contributed by atoms with Crippen LogP contribution in [-0.4, -0.2) is 46.1 Å². The molecule has 0 fully saturated rings. The van der Waals surface area contributed by atoms with Gasteiger partial charge in [0.15, 0.2) is 0 Å². The van der Waals surface area contributed by atoms with E-state index in [0.717, 1.165) is 51.4 Å². The van der Waals surface area contributed by atoms with Crippen LogP contribution in [0.3, 0.4) is 0 Å². The summed E-state index contributed by atoms with van der Waals surface area (Å²) in [5.74, 6) is -0.155. The maximum Gasteiger partial charge on any atom is 0.220 e. The number of carbonyl (C=O) groups is 1. The highest BCUT2D eigenvalue weighted by molar-refractivity contribution is 5.76. The van der Waals surface area contributed by atoms with Gasteiger partial charge in [-0.15, -0.1) is 0 Å². The van der Waals surface area contributed by atoms with Gasteiger partial charge >= 0.3 is 0 Å². The quantitative estimate of drug-likeness (QED) is 0.0364. The van der Waals surface area contributed by atoms with E-state index < -0.39 is 18.2 Å². The lowest BCUT2D eigenvalue weighted by Gasteiger charge is -2.26. The Morgan fingerprint density at radius 1 is 0.421 bits per heavy atom. The molecular formula is C52H101NO4. The molecule has 0 aliphatic heterocycles. The van der Waals surface area contributed by atoms with Crippen molar-refractivity contribution in [2.75, 3.05) is 6.61 Å². The SMILES string of the molecule is CCCC/C=C/CC/C=C/CCCC(O)C(O)C(CO)NC(=O)CCCCCCCCCCCCCCCCCCCCCCCCCCCCCCCCCC. The van der Waals surface area contributed by atoms with Gasteiger partial charge < -0.3 is 20.6 Å². The second kappa shape index (κ2) is 47.5. The molecule has 5 nitrogen and oxygen atoms in total. The Bertz CT molecular complexity index is 844. The van der Waals surface area contributed by atoms with Crippen LogP contribution < -0.4 is 5.32 Å². The minimum absolute atomic E-state index is 0.155. The van der Waals surface area contributed by atoms with Gasteiger partial charge in [-0.2, -0.15) is 0 Å². The van der Waals surface area contributed by atoms with Gasteiger partial charge in [-0.3, -0.25) is 4.79 Å². The second-order valence-corrected chi connectivity index (χ2v) is 17.7. The van der Waals surface area contributed by atoms with Crippen LogP contribution in [0.25, 0.3) is 0 Å². The van der Waals surface area contributed by atoms with Crippen LogP contribution in [-0.2, 0) is 4.79 Å². The van der Waals surface area contributed by atoms with Crippen LogP contribution >= 0.6 is 0 Å². The lowest BCUT2D eigenvalue weighted by molar-refractivity contribution is -0.124. The highest BCUT2D eigenvalue weighted by atomic mass is 16.3. The van der Waals surface area contributed by atoms with E-state index in [0.29, 0.717) is 12.8 Å². The van der Waals surface area contributed by atoms with Crippen molar-refractivity contribution < 1.29 is 20.1 Å². The summed E-state index contributed by atoms with van der Waals surface area (Å²) in [6.07, 6.45) is 59.1. The van der Waals surface area contributed by atoms with Gasteiger partial charge in [0.25, 0.3) is 0 Å². The fourth-order valence-electron chi connectivity index (χ4n) is 8.05. The number of aliphatic hydroxyl groups is 3. The van der Waals surface area contributed by atoms with Gasteiger partial charge in [0, 0.05) is 6.42 Å². The molecule has 0 radical (unpaired) electrons. The molecule has 0 saturated heterocycles. The van der Waals surface area contributed by atoms with Gasteiger partial charge in [0.1, 0.15) is 6.10 Å². The Morgan fingerprint density at radius 3 is 1.05 bits per heavy atom. The van der Waals surface area contributed by atoms with Crippen LogP contribution in [0.5, 0.6) is 0 Å². The maximum absolute atomic E-state index is 12.4. The molecule has 0 bridgehead atoms. The van der Waals surface area contributed by atoms with Crippen molar-refractivity contribution in [3.8, 4) is 0 Å². The molecule has 0 aromatic carbocycles. The van der Waals surface area contributed by atoms with E-state index in [1.54, 1.807) is 0 Å². The first-order valence-electron chi connectivity index (χ1n) is 25.6. The maximum atomic E-state index is 12.4. The van der Waals surface area contributed by atoms with E-state index in [1.165, 1.54) is 199 Å². The minimum atomic E-state index is -1.16. The number of aliphatic hydroxyl groups excluding tert-OH is 3. The monoisotopic (exact) mass is 804 g/mol. The predicted octanol–water partition coefficient (Wildman–Crippen LogP) is 15.3. The third kappa shape index (κ3) is 42.8. The van der Waals surface area contributed by atoms with Crippen LogP contribution in [0.1, 0.15) is 277 Å². The summed E-state index contributed by atoms with van der Waals surface area (Å²) in [7, 11) is 0. The minimum Gasteiger partial charge on any atom is -0.394 e. The highest BCUT2D eigenvalue weighted by Gasteiger charge is 2.26. The largest absolute Gasteiger partial charge is 0.394 e. The molecule has 0 saturated carbocycles. The first-order valence-corrected chi connectivity index (χ1v) is 25.6. The summed E-state index contributed by atoms with van der Waals surface area (Å²) < 4.78 is 0. The first kappa shape index (κ1) is 55.8. The smallest absolute Gasteiger partial charge is 0.220 e. The van der Waals surface area contributed by atoms with Crippen molar-refractivity contribution in [3.05, 3.63) is 24.3 Å². The molecule has 57 heavy (non-hydrogen) atoms. The van der Waals surface area contributed by atoms with Crippen molar-refractivity contribution in [2.24, 2.45) is 0 Å². The number of unbranched alkanes of at least 4 members (excludes halogenated alkanes) is 35. The summed E-state index contributed by atoms with van der Waals surface area (Å²) >= 11 is 0. The number of hydrogen-bond donors (Lipinski definition) is 4. The van der Waals surface area contributed by atoms with Gasteiger partial charge in [-0.1, -0.05) is 250 Å². The van der Waals surface area contributed by atoms with E-state index in [4.69, 9.17) is 0 Å². The van der Waals surface area contributed by atoms with Crippen LogP contribution in [0.4, 0.5) is 0 Å². The molecule has 0 aromatic rings. The average Bonchev–Trinajstić information content (AvgIpc) is 3.22. The third-order valence-electron chi connectivity index (χ3n) is 12.0.